The fourth-order valence-electron chi connectivity index (χ4n) is 3.08. The minimum absolute atomic E-state index is 0.0565. The fraction of sp³-hybridized carbons (Fsp3) is 0.318. The minimum atomic E-state index is -0.119. The molecule has 0 aliphatic carbocycles. The highest BCUT2D eigenvalue weighted by Crippen LogP contribution is 2.13. The molecule has 1 amide bonds. The van der Waals surface area contributed by atoms with E-state index in [1.165, 1.54) is 16.5 Å². The zero-order valence-electron chi connectivity index (χ0n) is 16.2. The van der Waals surface area contributed by atoms with E-state index in [2.05, 4.69) is 10.3 Å². The van der Waals surface area contributed by atoms with Gasteiger partial charge in [0.2, 0.25) is 5.91 Å². The first kappa shape index (κ1) is 19.6. The molecule has 6 heteroatoms. The van der Waals surface area contributed by atoms with E-state index in [9.17, 15) is 9.59 Å². The summed E-state index contributed by atoms with van der Waals surface area (Å²) in [6, 6.07) is 15.2. The van der Waals surface area contributed by atoms with E-state index in [0.29, 0.717) is 17.4 Å². The first-order chi connectivity index (χ1) is 13.6. The van der Waals surface area contributed by atoms with E-state index in [1.54, 1.807) is 19.2 Å². The maximum atomic E-state index is 12.5. The van der Waals surface area contributed by atoms with Gasteiger partial charge in [0.15, 0.2) is 0 Å². The molecular formula is C22H25N3O3. The van der Waals surface area contributed by atoms with Crippen LogP contribution in [0, 0.1) is 0 Å². The number of ether oxygens (including phenoxy) is 1. The van der Waals surface area contributed by atoms with Crippen LogP contribution >= 0.6 is 0 Å². The van der Waals surface area contributed by atoms with Crippen LogP contribution in [-0.2, 0) is 17.8 Å². The molecule has 3 aromatic rings. The van der Waals surface area contributed by atoms with Gasteiger partial charge < -0.3 is 10.1 Å². The van der Waals surface area contributed by atoms with Crippen molar-refractivity contribution < 1.29 is 9.53 Å². The van der Waals surface area contributed by atoms with E-state index in [1.807, 2.05) is 43.3 Å². The maximum Gasteiger partial charge on any atom is 0.261 e. The van der Waals surface area contributed by atoms with Crippen molar-refractivity contribution in [1.82, 2.24) is 14.9 Å². The average Bonchev–Trinajstić information content (AvgIpc) is 2.72. The first-order valence-corrected chi connectivity index (χ1v) is 9.43. The smallest absolute Gasteiger partial charge is 0.261 e. The SMILES string of the molecule is COc1ccc(CC[C@@H](C)NC(=O)CCn2cnc3ccccc3c2=O)cc1. The number of carbonyl (C=O) groups excluding carboxylic acids is 1. The largest absolute Gasteiger partial charge is 0.497 e. The Morgan fingerprint density at radius 2 is 1.93 bits per heavy atom. The molecule has 1 N–H and O–H groups in total. The molecule has 0 aliphatic rings. The van der Waals surface area contributed by atoms with Crippen molar-refractivity contribution in [1.29, 1.82) is 0 Å². The summed E-state index contributed by atoms with van der Waals surface area (Å²) in [4.78, 5) is 29.0. The number of amides is 1. The van der Waals surface area contributed by atoms with Crippen LogP contribution in [0.4, 0.5) is 0 Å². The van der Waals surface area contributed by atoms with Crippen LogP contribution in [0.25, 0.3) is 10.9 Å². The number of hydrogen-bond donors (Lipinski definition) is 1. The third kappa shape index (κ3) is 4.97. The average molecular weight is 379 g/mol. The van der Waals surface area contributed by atoms with Gasteiger partial charge in [-0.2, -0.15) is 0 Å². The van der Waals surface area contributed by atoms with Gasteiger partial charge in [-0.05, 0) is 49.6 Å². The lowest BCUT2D eigenvalue weighted by atomic mass is 10.1. The number of fused-ring (bicyclic) bond motifs is 1. The van der Waals surface area contributed by atoms with Gasteiger partial charge in [-0.15, -0.1) is 0 Å². The van der Waals surface area contributed by atoms with Crippen molar-refractivity contribution >= 4 is 16.8 Å². The number of carbonyl (C=O) groups is 1. The highest BCUT2D eigenvalue weighted by atomic mass is 16.5. The summed E-state index contributed by atoms with van der Waals surface area (Å²) in [6.45, 7) is 2.30. The number of benzene rings is 2. The molecule has 1 atom stereocenters. The van der Waals surface area contributed by atoms with Gasteiger partial charge in [0, 0.05) is 19.0 Å². The summed E-state index contributed by atoms with van der Waals surface area (Å²) in [5.41, 5.74) is 1.75. The monoisotopic (exact) mass is 379 g/mol. The van der Waals surface area contributed by atoms with E-state index in [4.69, 9.17) is 4.74 Å². The van der Waals surface area contributed by atoms with Crippen molar-refractivity contribution in [2.75, 3.05) is 7.11 Å². The Morgan fingerprint density at radius 3 is 2.68 bits per heavy atom. The lowest BCUT2D eigenvalue weighted by molar-refractivity contribution is -0.121. The minimum Gasteiger partial charge on any atom is -0.497 e. The number of para-hydroxylation sites is 1. The van der Waals surface area contributed by atoms with Gasteiger partial charge >= 0.3 is 0 Å². The Balaban J connectivity index is 1.48. The zero-order chi connectivity index (χ0) is 19.9. The molecule has 6 nitrogen and oxygen atoms in total. The molecule has 146 valence electrons. The molecule has 2 aromatic carbocycles. The normalized spacial score (nSPS) is 11.9. The Hall–Kier alpha value is -3.15. The standard InChI is InChI=1S/C22H25N3O3/c1-16(7-8-17-9-11-18(28-2)12-10-17)24-21(26)13-14-25-15-23-20-6-4-3-5-19(20)22(25)27/h3-6,9-12,15-16H,7-8,13-14H2,1-2H3,(H,24,26)/t16-/m1/s1. The second-order valence-electron chi connectivity index (χ2n) is 6.87. The summed E-state index contributed by atoms with van der Waals surface area (Å²) in [5, 5.41) is 3.57. The molecule has 0 saturated heterocycles. The number of rotatable bonds is 8. The van der Waals surface area contributed by atoms with Crippen LogP contribution in [0.3, 0.4) is 0 Å². The van der Waals surface area contributed by atoms with Crippen LogP contribution in [0.5, 0.6) is 5.75 Å². The van der Waals surface area contributed by atoms with Crippen LogP contribution in [0.1, 0.15) is 25.3 Å². The summed E-state index contributed by atoms with van der Waals surface area (Å²) in [7, 11) is 1.65. The lowest BCUT2D eigenvalue weighted by Crippen LogP contribution is -2.34. The van der Waals surface area contributed by atoms with Gasteiger partial charge in [-0.25, -0.2) is 4.98 Å². The Bertz CT molecular complexity index is 996. The van der Waals surface area contributed by atoms with E-state index >= 15 is 0 Å². The van der Waals surface area contributed by atoms with Crippen LogP contribution < -0.4 is 15.6 Å². The van der Waals surface area contributed by atoms with Gasteiger partial charge in [-0.1, -0.05) is 24.3 Å². The number of aryl methyl sites for hydroxylation is 2. The summed E-state index contributed by atoms with van der Waals surface area (Å²) in [6.07, 6.45) is 3.47. The topological polar surface area (TPSA) is 73.2 Å². The summed E-state index contributed by atoms with van der Waals surface area (Å²) < 4.78 is 6.65. The first-order valence-electron chi connectivity index (χ1n) is 9.43. The molecule has 0 spiro atoms. The fourth-order valence-corrected chi connectivity index (χ4v) is 3.08. The van der Waals surface area contributed by atoms with Crippen molar-refractivity contribution in [3.8, 4) is 5.75 Å². The summed E-state index contributed by atoms with van der Waals surface area (Å²) >= 11 is 0. The number of methoxy groups -OCH3 is 1. The number of nitrogens with zero attached hydrogens (tertiary/aromatic N) is 2. The molecule has 0 aliphatic heterocycles. The number of hydrogen-bond acceptors (Lipinski definition) is 4. The Morgan fingerprint density at radius 1 is 1.18 bits per heavy atom. The van der Waals surface area contributed by atoms with Gasteiger partial charge in [0.25, 0.3) is 5.56 Å². The van der Waals surface area contributed by atoms with Gasteiger partial charge in [0.1, 0.15) is 5.75 Å². The van der Waals surface area contributed by atoms with Crippen LogP contribution in [-0.4, -0.2) is 28.6 Å². The van der Waals surface area contributed by atoms with E-state index in [-0.39, 0.29) is 23.9 Å². The van der Waals surface area contributed by atoms with Crippen molar-refractivity contribution in [2.45, 2.75) is 38.8 Å². The molecule has 0 unspecified atom stereocenters. The molecule has 0 fully saturated rings. The van der Waals surface area contributed by atoms with Crippen molar-refractivity contribution in [2.24, 2.45) is 0 Å². The Kier molecular flexibility index (Phi) is 6.42. The molecular weight excluding hydrogens is 354 g/mol. The van der Waals surface area contributed by atoms with Crippen molar-refractivity contribution in [3.05, 3.63) is 70.8 Å². The second kappa shape index (κ2) is 9.17. The molecule has 3 rings (SSSR count). The number of aromatic nitrogens is 2. The molecule has 0 bridgehead atoms. The molecule has 0 radical (unpaired) electrons. The lowest BCUT2D eigenvalue weighted by Gasteiger charge is -2.14. The number of nitrogens with one attached hydrogen (secondary N) is 1. The highest BCUT2D eigenvalue weighted by molar-refractivity contribution is 5.77. The summed E-state index contributed by atoms with van der Waals surface area (Å²) in [5.74, 6) is 0.769. The predicted molar refractivity (Wildman–Crippen MR) is 110 cm³/mol. The second-order valence-corrected chi connectivity index (χ2v) is 6.87. The van der Waals surface area contributed by atoms with E-state index < -0.39 is 0 Å². The quantitative estimate of drug-likeness (QED) is 0.653. The van der Waals surface area contributed by atoms with Crippen LogP contribution in [0.15, 0.2) is 59.7 Å². The molecule has 1 heterocycles. The van der Waals surface area contributed by atoms with Gasteiger partial charge in [0.05, 0.1) is 24.3 Å². The van der Waals surface area contributed by atoms with E-state index in [0.717, 1.165) is 18.6 Å². The van der Waals surface area contributed by atoms with Crippen LogP contribution in [0.2, 0.25) is 0 Å². The third-order valence-corrected chi connectivity index (χ3v) is 4.74. The molecule has 28 heavy (non-hydrogen) atoms. The van der Waals surface area contributed by atoms with Crippen molar-refractivity contribution in [3.63, 3.8) is 0 Å². The third-order valence-electron chi connectivity index (χ3n) is 4.74. The maximum absolute atomic E-state index is 12.5. The molecule has 1 aromatic heterocycles. The zero-order valence-corrected chi connectivity index (χ0v) is 16.2. The molecule has 0 saturated carbocycles. The Labute approximate surface area is 164 Å². The highest BCUT2D eigenvalue weighted by Gasteiger charge is 2.10. The predicted octanol–water partition coefficient (Wildman–Crippen LogP) is 2.93. The van der Waals surface area contributed by atoms with Gasteiger partial charge in [-0.3, -0.25) is 14.2 Å².